The molecule has 0 saturated carbocycles. The van der Waals surface area contributed by atoms with E-state index in [1.807, 2.05) is 30.3 Å². The minimum atomic E-state index is -0.959. The van der Waals surface area contributed by atoms with Gasteiger partial charge in [-0.3, -0.25) is 4.79 Å². The zero-order valence-electron chi connectivity index (χ0n) is 8.18. The van der Waals surface area contributed by atoms with Crippen LogP contribution in [0.5, 0.6) is 0 Å². The lowest BCUT2D eigenvalue weighted by Gasteiger charge is -2.04. The standard InChI is InChI=1S/C9H11NO2.CH5N/c10-8(9(11)12)6-7-4-2-1-3-5-7;1-2/h1-5,8H,6,10H2,(H,11,12);2H2,1H3/t8-;/m0./s1. The number of benzene rings is 1. The van der Waals surface area contributed by atoms with Gasteiger partial charge in [0.2, 0.25) is 0 Å². The van der Waals surface area contributed by atoms with Gasteiger partial charge in [0.1, 0.15) is 6.04 Å². The molecular formula is C10H16N2O2. The number of carbonyl (C=O) groups is 1. The van der Waals surface area contributed by atoms with Crippen LogP contribution in [0.1, 0.15) is 5.56 Å². The van der Waals surface area contributed by atoms with Crippen molar-refractivity contribution in [1.82, 2.24) is 0 Å². The van der Waals surface area contributed by atoms with E-state index in [1.54, 1.807) is 0 Å². The van der Waals surface area contributed by atoms with Gasteiger partial charge in [0.05, 0.1) is 0 Å². The SMILES string of the molecule is CN.N[C@@H](Cc1ccccc1)C(=O)O. The summed E-state index contributed by atoms with van der Waals surface area (Å²) in [6, 6.07) is 8.54. The van der Waals surface area contributed by atoms with Crippen molar-refractivity contribution in [3.8, 4) is 0 Å². The Hall–Kier alpha value is -1.39. The first kappa shape index (κ1) is 12.6. The molecule has 0 aliphatic heterocycles. The van der Waals surface area contributed by atoms with Crippen LogP contribution in [0.25, 0.3) is 0 Å². The second-order valence-corrected chi connectivity index (χ2v) is 2.63. The summed E-state index contributed by atoms with van der Waals surface area (Å²) in [5, 5.41) is 8.52. The molecule has 14 heavy (non-hydrogen) atoms. The van der Waals surface area contributed by atoms with Crippen molar-refractivity contribution in [2.24, 2.45) is 11.5 Å². The van der Waals surface area contributed by atoms with Crippen molar-refractivity contribution in [2.45, 2.75) is 12.5 Å². The highest BCUT2D eigenvalue weighted by molar-refractivity contribution is 5.73. The minimum absolute atomic E-state index is 0.385. The smallest absolute Gasteiger partial charge is 0.320 e. The largest absolute Gasteiger partial charge is 0.480 e. The molecular weight excluding hydrogens is 180 g/mol. The molecule has 0 aliphatic rings. The first-order valence-electron chi connectivity index (χ1n) is 4.30. The van der Waals surface area contributed by atoms with E-state index in [2.05, 4.69) is 5.73 Å². The zero-order valence-corrected chi connectivity index (χ0v) is 8.18. The van der Waals surface area contributed by atoms with Gasteiger partial charge in [-0.25, -0.2) is 0 Å². The third-order valence-electron chi connectivity index (χ3n) is 1.62. The Morgan fingerprint density at radius 3 is 2.29 bits per heavy atom. The molecule has 0 unspecified atom stereocenters. The normalized spacial score (nSPS) is 11.1. The minimum Gasteiger partial charge on any atom is -0.480 e. The molecule has 0 fully saturated rings. The van der Waals surface area contributed by atoms with Crippen molar-refractivity contribution < 1.29 is 9.90 Å². The van der Waals surface area contributed by atoms with Crippen LogP contribution in [0.15, 0.2) is 30.3 Å². The van der Waals surface area contributed by atoms with E-state index in [-0.39, 0.29) is 0 Å². The molecule has 1 atom stereocenters. The molecule has 0 bridgehead atoms. The predicted octanol–water partition coefficient (Wildman–Crippen LogP) is 0.216. The molecule has 1 aromatic carbocycles. The van der Waals surface area contributed by atoms with Crippen LogP contribution in [0.3, 0.4) is 0 Å². The summed E-state index contributed by atoms with van der Waals surface area (Å²) in [4.78, 5) is 10.4. The van der Waals surface area contributed by atoms with Crippen molar-refractivity contribution in [3.63, 3.8) is 0 Å². The van der Waals surface area contributed by atoms with Gasteiger partial charge < -0.3 is 16.6 Å². The van der Waals surface area contributed by atoms with E-state index >= 15 is 0 Å². The van der Waals surface area contributed by atoms with E-state index in [0.717, 1.165) is 5.56 Å². The third kappa shape index (κ3) is 4.59. The molecule has 4 nitrogen and oxygen atoms in total. The van der Waals surface area contributed by atoms with Gasteiger partial charge in [0.25, 0.3) is 0 Å². The first-order valence-corrected chi connectivity index (χ1v) is 4.30. The van der Waals surface area contributed by atoms with Crippen molar-refractivity contribution in [2.75, 3.05) is 7.05 Å². The molecule has 1 rings (SSSR count). The summed E-state index contributed by atoms with van der Waals surface area (Å²) in [7, 11) is 1.50. The van der Waals surface area contributed by atoms with Gasteiger partial charge in [-0.15, -0.1) is 0 Å². The van der Waals surface area contributed by atoms with E-state index in [4.69, 9.17) is 10.8 Å². The third-order valence-corrected chi connectivity index (χ3v) is 1.62. The Labute approximate surface area is 83.5 Å². The quantitative estimate of drug-likeness (QED) is 0.645. The highest BCUT2D eigenvalue weighted by Gasteiger charge is 2.10. The van der Waals surface area contributed by atoms with E-state index in [9.17, 15) is 4.79 Å². The monoisotopic (exact) mass is 196 g/mol. The average molecular weight is 196 g/mol. The Morgan fingerprint density at radius 2 is 1.86 bits per heavy atom. The molecule has 0 spiro atoms. The topological polar surface area (TPSA) is 89.3 Å². The van der Waals surface area contributed by atoms with Crippen molar-refractivity contribution in [3.05, 3.63) is 35.9 Å². The predicted molar refractivity (Wildman–Crippen MR) is 55.9 cm³/mol. The van der Waals surface area contributed by atoms with Gasteiger partial charge in [-0.1, -0.05) is 30.3 Å². The highest BCUT2D eigenvalue weighted by Crippen LogP contribution is 2.01. The summed E-state index contributed by atoms with van der Waals surface area (Å²) in [5.74, 6) is -0.959. The van der Waals surface area contributed by atoms with Crippen LogP contribution in [-0.2, 0) is 11.2 Å². The number of rotatable bonds is 3. The highest BCUT2D eigenvalue weighted by atomic mass is 16.4. The molecule has 0 amide bonds. The lowest BCUT2D eigenvalue weighted by Crippen LogP contribution is -2.32. The van der Waals surface area contributed by atoms with E-state index < -0.39 is 12.0 Å². The van der Waals surface area contributed by atoms with Crippen LogP contribution in [0.2, 0.25) is 0 Å². The summed E-state index contributed by atoms with van der Waals surface area (Å²) >= 11 is 0. The zero-order chi connectivity index (χ0) is 11.0. The molecule has 0 radical (unpaired) electrons. The van der Waals surface area contributed by atoms with Gasteiger partial charge in [0.15, 0.2) is 0 Å². The molecule has 5 N–H and O–H groups in total. The summed E-state index contributed by atoms with van der Waals surface area (Å²) in [5.41, 5.74) is 10.8. The summed E-state index contributed by atoms with van der Waals surface area (Å²) < 4.78 is 0. The van der Waals surface area contributed by atoms with Crippen molar-refractivity contribution in [1.29, 1.82) is 0 Å². The van der Waals surface area contributed by atoms with Crippen LogP contribution in [-0.4, -0.2) is 24.2 Å². The van der Waals surface area contributed by atoms with Crippen LogP contribution < -0.4 is 11.5 Å². The number of carboxylic acids is 1. The number of carboxylic acid groups (broad SMARTS) is 1. The van der Waals surface area contributed by atoms with Gasteiger partial charge in [-0.2, -0.15) is 0 Å². The van der Waals surface area contributed by atoms with E-state index in [0.29, 0.717) is 6.42 Å². The van der Waals surface area contributed by atoms with Crippen LogP contribution >= 0.6 is 0 Å². The first-order chi connectivity index (χ1) is 6.70. The Kier molecular flexibility index (Phi) is 6.36. The lowest BCUT2D eigenvalue weighted by atomic mass is 10.1. The second kappa shape index (κ2) is 7.06. The molecule has 0 saturated heterocycles. The Bertz CT molecular complexity index is 262. The van der Waals surface area contributed by atoms with Gasteiger partial charge in [-0.05, 0) is 19.0 Å². The maximum Gasteiger partial charge on any atom is 0.320 e. The Balaban J connectivity index is 0.000000791. The molecule has 0 aromatic heterocycles. The molecule has 0 aliphatic carbocycles. The molecule has 0 heterocycles. The average Bonchev–Trinajstić information content (AvgIpc) is 2.22. The maximum absolute atomic E-state index is 10.4. The molecule has 78 valence electrons. The number of nitrogens with two attached hydrogens (primary N) is 2. The number of hydrogen-bond acceptors (Lipinski definition) is 3. The fourth-order valence-corrected chi connectivity index (χ4v) is 0.955. The lowest BCUT2D eigenvalue weighted by molar-refractivity contribution is -0.138. The summed E-state index contributed by atoms with van der Waals surface area (Å²) in [6.45, 7) is 0. The fourth-order valence-electron chi connectivity index (χ4n) is 0.955. The van der Waals surface area contributed by atoms with Crippen LogP contribution in [0, 0.1) is 0 Å². The van der Waals surface area contributed by atoms with Crippen LogP contribution in [0.4, 0.5) is 0 Å². The van der Waals surface area contributed by atoms with Gasteiger partial charge >= 0.3 is 5.97 Å². The summed E-state index contributed by atoms with van der Waals surface area (Å²) in [6.07, 6.45) is 0.385. The van der Waals surface area contributed by atoms with Gasteiger partial charge in [0, 0.05) is 0 Å². The number of aliphatic carboxylic acids is 1. The number of hydrogen-bond donors (Lipinski definition) is 3. The van der Waals surface area contributed by atoms with E-state index in [1.165, 1.54) is 7.05 Å². The second-order valence-electron chi connectivity index (χ2n) is 2.63. The maximum atomic E-state index is 10.4. The fraction of sp³-hybridized carbons (Fsp3) is 0.300. The Morgan fingerprint density at radius 1 is 1.36 bits per heavy atom. The van der Waals surface area contributed by atoms with Crippen molar-refractivity contribution >= 4 is 5.97 Å². The molecule has 4 heteroatoms. The molecule has 1 aromatic rings.